The van der Waals surface area contributed by atoms with E-state index in [0.29, 0.717) is 24.7 Å². The Bertz CT molecular complexity index is 723. The number of carbonyl (C=O) groups excluding carboxylic acids is 1. The van der Waals surface area contributed by atoms with Crippen molar-refractivity contribution < 1.29 is 4.79 Å². The van der Waals surface area contributed by atoms with Crippen LogP contribution in [0.15, 0.2) is 36.4 Å². The quantitative estimate of drug-likeness (QED) is 0.609. The number of carbonyl (C=O) groups is 1. The zero-order valence-electron chi connectivity index (χ0n) is 13.5. The summed E-state index contributed by atoms with van der Waals surface area (Å²) in [7, 11) is 0. The van der Waals surface area contributed by atoms with Crippen molar-refractivity contribution in [2.45, 2.75) is 50.4 Å². The van der Waals surface area contributed by atoms with Crippen molar-refractivity contribution in [1.82, 2.24) is 0 Å². The van der Waals surface area contributed by atoms with Crippen LogP contribution in [0.25, 0.3) is 0 Å². The van der Waals surface area contributed by atoms with Gasteiger partial charge >= 0.3 is 0 Å². The maximum atomic E-state index is 12.7. The average Bonchev–Trinajstić information content (AvgIpc) is 3.43. The Hall–Kier alpha value is -1.31. The van der Waals surface area contributed by atoms with E-state index in [1.165, 1.54) is 36.8 Å². The van der Waals surface area contributed by atoms with E-state index in [-0.39, 0.29) is 5.78 Å². The van der Waals surface area contributed by atoms with Crippen LogP contribution < -0.4 is 0 Å². The molecule has 0 atom stereocenters. The van der Waals surface area contributed by atoms with Crippen LogP contribution in [0.5, 0.6) is 0 Å². The first kappa shape index (κ1) is 16.2. The largest absolute Gasteiger partial charge is 0.299 e. The van der Waals surface area contributed by atoms with Crippen LogP contribution in [-0.4, -0.2) is 5.78 Å². The Balaban J connectivity index is 1.52. The van der Waals surface area contributed by atoms with Crippen LogP contribution in [0.2, 0.25) is 10.0 Å². The molecule has 2 aliphatic rings. The second kappa shape index (κ2) is 6.54. The van der Waals surface area contributed by atoms with E-state index in [2.05, 4.69) is 0 Å². The molecule has 0 unspecified atom stereocenters. The fourth-order valence-corrected chi connectivity index (χ4v) is 3.85. The molecule has 124 valence electrons. The minimum absolute atomic E-state index is 0.267. The number of benzene rings is 2. The van der Waals surface area contributed by atoms with Gasteiger partial charge in [-0.15, -0.1) is 0 Å². The summed E-state index contributed by atoms with van der Waals surface area (Å²) in [6.07, 6.45) is 5.84. The molecule has 0 radical (unpaired) electrons. The maximum absolute atomic E-state index is 12.7. The Kier molecular flexibility index (Phi) is 4.40. The lowest BCUT2D eigenvalue weighted by Crippen LogP contribution is -2.10. The van der Waals surface area contributed by atoms with Gasteiger partial charge in [0.05, 0.1) is 0 Å². The molecule has 0 aliphatic heterocycles. The summed E-state index contributed by atoms with van der Waals surface area (Å²) < 4.78 is 0. The number of ketones is 1. The molecular formula is C21H20Cl2O. The Morgan fingerprint density at radius 3 is 1.58 bits per heavy atom. The van der Waals surface area contributed by atoms with Crippen LogP contribution in [0, 0.1) is 0 Å². The highest BCUT2D eigenvalue weighted by atomic mass is 35.5. The van der Waals surface area contributed by atoms with Gasteiger partial charge in [0, 0.05) is 22.9 Å². The first-order valence-corrected chi connectivity index (χ1v) is 9.44. The van der Waals surface area contributed by atoms with E-state index in [1.807, 2.05) is 36.4 Å². The monoisotopic (exact) mass is 358 g/mol. The minimum atomic E-state index is 0.267. The zero-order valence-corrected chi connectivity index (χ0v) is 15.0. The van der Waals surface area contributed by atoms with E-state index in [9.17, 15) is 4.79 Å². The third-order valence-electron chi connectivity index (χ3n) is 5.03. The van der Waals surface area contributed by atoms with E-state index in [0.717, 1.165) is 21.2 Å². The van der Waals surface area contributed by atoms with Gasteiger partial charge in [-0.1, -0.05) is 35.3 Å². The predicted molar refractivity (Wildman–Crippen MR) is 99.3 cm³/mol. The van der Waals surface area contributed by atoms with Gasteiger partial charge in [-0.05, 0) is 84.0 Å². The molecule has 0 heterocycles. The van der Waals surface area contributed by atoms with E-state index in [1.54, 1.807) is 0 Å². The SMILES string of the molecule is O=C(Cc1ccc(Cl)cc1C1CC1)Cc1ccc(Cl)cc1C1CC1. The van der Waals surface area contributed by atoms with Crippen molar-refractivity contribution in [2.75, 3.05) is 0 Å². The van der Waals surface area contributed by atoms with E-state index >= 15 is 0 Å². The Morgan fingerprint density at radius 2 is 1.21 bits per heavy atom. The van der Waals surface area contributed by atoms with Gasteiger partial charge in [-0.2, -0.15) is 0 Å². The molecule has 0 amide bonds. The second-order valence-corrected chi connectivity index (χ2v) is 8.00. The lowest BCUT2D eigenvalue weighted by Gasteiger charge is -2.11. The highest BCUT2D eigenvalue weighted by molar-refractivity contribution is 6.31. The molecule has 0 spiro atoms. The van der Waals surface area contributed by atoms with Crippen molar-refractivity contribution in [3.8, 4) is 0 Å². The molecule has 0 N–H and O–H groups in total. The third kappa shape index (κ3) is 3.68. The molecule has 4 rings (SSSR count). The highest BCUT2D eigenvalue weighted by Gasteiger charge is 2.28. The fraction of sp³-hybridized carbons (Fsp3) is 0.381. The lowest BCUT2D eigenvalue weighted by molar-refractivity contribution is -0.117. The second-order valence-electron chi connectivity index (χ2n) is 7.13. The summed E-state index contributed by atoms with van der Waals surface area (Å²) in [4.78, 5) is 12.7. The molecule has 1 nitrogen and oxygen atoms in total. The molecule has 24 heavy (non-hydrogen) atoms. The number of Topliss-reactive ketones (excluding diaryl/α,β-unsaturated/α-hetero) is 1. The predicted octanol–water partition coefficient (Wildman–Crippen LogP) is 6.10. The summed E-state index contributed by atoms with van der Waals surface area (Å²) in [5.41, 5.74) is 4.84. The first-order chi connectivity index (χ1) is 11.6. The van der Waals surface area contributed by atoms with Crippen LogP contribution in [0.3, 0.4) is 0 Å². The van der Waals surface area contributed by atoms with Crippen LogP contribution >= 0.6 is 23.2 Å². The molecule has 2 aliphatic carbocycles. The number of hydrogen-bond acceptors (Lipinski definition) is 1. The summed E-state index contributed by atoms with van der Waals surface area (Å²) >= 11 is 12.3. The Labute approximate surface area is 153 Å². The van der Waals surface area contributed by atoms with E-state index < -0.39 is 0 Å². The van der Waals surface area contributed by atoms with Gasteiger partial charge < -0.3 is 0 Å². The Morgan fingerprint density at radius 1 is 0.792 bits per heavy atom. The molecule has 2 fully saturated rings. The van der Waals surface area contributed by atoms with Gasteiger partial charge in [0.2, 0.25) is 0 Å². The maximum Gasteiger partial charge on any atom is 0.141 e. The summed E-state index contributed by atoms with van der Waals surface area (Å²) in [6, 6.07) is 11.9. The van der Waals surface area contributed by atoms with Crippen molar-refractivity contribution in [1.29, 1.82) is 0 Å². The average molecular weight is 359 g/mol. The fourth-order valence-electron chi connectivity index (χ4n) is 3.49. The van der Waals surface area contributed by atoms with Gasteiger partial charge in [0.25, 0.3) is 0 Å². The van der Waals surface area contributed by atoms with Gasteiger partial charge in [0.15, 0.2) is 0 Å². The number of hydrogen-bond donors (Lipinski definition) is 0. The molecule has 2 aromatic carbocycles. The molecule has 2 aromatic rings. The standard InChI is InChI=1S/C21H20Cl2O/c22-17-7-5-15(20(11-17)13-1-2-13)9-19(24)10-16-6-8-18(23)12-21(16)14-3-4-14/h5-8,11-14H,1-4,9-10H2. The molecule has 0 bridgehead atoms. The lowest BCUT2D eigenvalue weighted by atomic mass is 9.94. The smallest absolute Gasteiger partial charge is 0.141 e. The zero-order chi connectivity index (χ0) is 16.7. The van der Waals surface area contributed by atoms with E-state index in [4.69, 9.17) is 23.2 Å². The highest BCUT2D eigenvalue weighted by Crippen LogP contribution is 2.44. The van der Waals surface area contributed by atoms with Crippen molar-refractivity contribution >= 4 is 29.0 Å². The van der Waals surface area contributed by atoms with Gasteiger partial charge in [-0.3, -0.25) is 4.79 Å². The van der Waals surface area contributed by atoms with Gasteiger partial charge in [0.1, 0.15) is 5.78 Å². The van der Waals surface area contributed by atoms with Crippen molar-refractivity contribution in [2.24, 2.45) is 0 Å². The van der Waals surface area contributed by atoms with Crippen LogP contribution in [0.4, 0.5) is 0 Å². The van der Waals surface area contributed by atoms with Crippen LogP contribution in [0.1, 0.15) is 59.8 Å². The van der Waals surface area contributed by atoms with Crippen molar-refractivity contribution in [3.63, 3.8) is 0 Å². The van der Waals surface area contributed by atoms with Gasteiger partial charge in [-0.25, -0.2) is 0 Å². The van der Waals surface area contributed by atoms with Crippen LogP contribution in [-0.2, 0) is 17.6 Å². The molecule has 0 saturated heterocycles. The van der Waals surface area contributed by atoms with Crippen molar-refractivity contribution in [3.05, 3.63) is 68.7 Å². The topological polar surface area (TPSA) is 17.1 Å². The molecule has 3 heteroatoms. The minimum Gasteiger partial charge on any atom is -0.299 e. The first-order valence-electron chi connectivity index (χ1n) is 8.68. The molecular weight excluding hydrogens is 339 g/mol. The summed E-state index contributed by atoms with van der Waals surface area (Å²) in [6.45, 7) is 0. The number of halogens is 2. The summed E-state index contributed by atoms with van der Waals surface area (Å²) in [5, 5.41) is 1.53. The number of rotatable bonds is 6. The molecule has 0 aromatic heterocycles. The normalized spacial score (nSPS) is 17.1. The third-order valence-corrected chi connectivity index (χ3v) is 5.50. The molecule has 2 saturated carbocycles. The summed E-state index contributed by atoms with van der Waals surface area (Å²) in [5.74, 6) is 1.47.